The van der Waals surface area contributed by atoms with Gasteiger partial charge in [-0.05, 0) is 0 Å². The van der Waals surface area contributed by atoms with Crippen LogP contribution < -0.4 is 5.48 Å². The fraction of sp³-hybridized carbons (Fsp3) is 0.778. The van der Waals surface area contributed by atoms with E-state index < -0.39 is 33.8 Å². The minimum absolute atomic E-state index is 0.0575. The van der Waals surface area contributed by atoms with E-state index in [-0.39, 0.29) is 12.3 Å². The molecule has 1 fully saturated rings. The van der Waals surface area contributed by atoms with Crippen molar-refractivity contribution in [3.05, 3.63) is 0 Å². The Morgan fingerprint density at radius 3 is 2.79 bits per heavy atom. The molecule has 1 heterocycles. The zero-order valence-corrected chi connectivity index (χ0v) is 12.0. The summed E-state index contributed by atoms with van der Waals surface area (Å²) in [6.45, 7) is 1.11. The van der Waals surface area contributed by atoms with E-state index in [9.17, 15) is 18.0 Å². The number of amides is 2. The Morgan fingerprint density at radius 2 is 2.21 bits per heavy atom. The highest BCUT2D eigenvalue weighted by molar-refractivity contribution is 8.01. The van der Waals surface area contributed by atoms with Gasteiger partial charge in [0.1, 0.15) is 5.37 Å². The van der Waals surface area contributed by atoms with Crippen LogP contribution in [0.15, 0.2) is 0 Å². The van der Waals surface area contributed by atoms with Crippen LogP contribution in [-0.4, -0.2) is 66.2 Å². The molecule has 1 unspecified atom stereocenters. The Morgan fingerprint density at radius 1 is 1.53 bits per heavy atom. The molecule has 0 radical (unpaired) electrons. The molecule has 0 aromatic rings. The molecule has 0 saturated carbocycles. The second-order valence-electron chi connectivity index (χ2n) is 3.76. The Kier molecular flexibility index (Phi) is 5.88. The van der Waals surface area contributed by atoms with Crippen molar-refractivity contribution in [1.82, 2.24) is 10.4 Å². The largest absolute Gasteiger partial charge is 0.479 e. The summed E-state index contributed by atoms with van der Waals surface area (Å²) in [5.41, 5.74) is 1.94. The highest BCUT2D eigenvalue weighted by Gasteiger charge is 2.35. The van der Waals surface area contributed by atoms with Crippen LogP contribution in [-0.2, 0) is 19.5 Å². The lowest BCUT2D eigenvalue weighted by Crippen LogP contribution is -2.54. The van der Waals surface area contributed by atoms with Gasteiger partial charge >= 0.3 is 12.0 Å². The molecule has 110 valence electrons. The fourth-order valence-electron chi connectivity index (χ4n) is 1.52. The van der Waals surface area contributed by atoms with Crippen molar-refractivity contribution in [3.63, 3.8) is 0 Å². The maximum absolute atomic E-state index is 11.9. The molecule has 8 nitrogen and oxygen atoms in total. The van der Waals surface area contributed by atoms with Gasteiger partial charge in [-0.1, -0.05) is 6.92 Å². The van der Waals surface area contributed by atoms with Gasteiger partial charge in [0.05, 0.1) is 0 Å². The van der Waals surface area contributed by atoms with E-state index in [0.717, 1.165) is 4.90 Å². The van der Waals surface area contributed by atoms with Gasteiger partial charge in [-0.25, -0.2) is 23.5 Å². The molecule has 19 heavy (non-hydrogen) atoms. The van der Waals surface area contributed by atoms with Crippen LogP contribution >= 0.6 is 11.8 Å². The van der Waals surface area contributed by atoms with E-state index in [4.69, 9.17) is 5.11 Å². The van der Waals surface area contributed by atoms with E-state index in [1.54, 1.807) is 0 Å². The number of urea groups is 1. The van der Waals surface area contributed by atoms with E-state index in [0.29, 0.717) is 11.5 Å². The second kappa shape index (κ2) is 6.96. The minimum Gasteiger partial charge on any atom is -0.479 e. The molecule has 0 aliphatic carbocycles. The van der Waals surface area contributed by atoms with Crippen molar-refractivity contribution in [2.24, 2.45) is 0 Å². The van der Waals surface area contributed by atoms with Crippen molar-refractivity contribution >= 4 is 33.6 Å². The summed E-state index contributed by atoms with van der Waals surface area (Å²) in [5, 5.41) is 7.47. The lowest BCUT2D eigenvalue weighted by molar-refractivity contribution is -0.144. The SMILES string of the molecule is CCS(=O)(=O)C1CSCCN1C(=O)NOCC(=O)O. The van der Waals surface area contributed by atoms with E-state index in [1.165, 1.54) is 18.7 Å². The molecule has 1 aliphatic rings. The number of hydroxylamine groups is 1. The molecule has 0 spiro atoms. The van der Waals surface area contributed by atoms with Crippen molar-refractivity contribution in [2.45, 2.75) is 12.3 Å². The van der Waals surface area contributed by atoms with Crippen LogP contribution in [0, 0.1) is 0 Å². The zero-order chi connectivity index (χ0) is 14.5. The van der Waals surface area contributed by atoms with Gasteiger partial charge in [0.25, 0.3) is 0 Å². The fourth-order valence-corrected chi connectivity index (χ4v) is 4.49. The number of hydrogen-bond acceptors (Lipinski definition) is 6. The molecule has 1 atom stereocenters. The number of sulfone groups is 1. The first kappa shape index (κ1) is 16.1. The first-order valence-electron chi connectivity index (χ1n) is 5.58. The average Bonchev–Trinajstić information content (AvgIpc) is 2.38. The van der Waals surface area contributed by atoms with Crippen LogP contribution in [0.1, 0.15) is 6.92 Å². The second-order valence-corrected chi connectivity index (χ2v) is 7.36. The normalized spacial score (nSPS) is 20.1. The van der Waals surface area contributed by atoms with Crippen LogP contribution in [0.25, 0.3) is 0 Å². The summed E-state index contributed by atoms with van der Waals surface area (Å²) in [7, 11) is -3.38. The maximum Gasteiger partial charge on any atom is 0.342 e. The standard InChI is InChI=1S/C9H16N2O6S2/c1-2-19(15,16)7-6-18-4-3-11(7)9(14)10-17-5-8(12)13/h7H,2-6H2,1H3,(H,10,14)(H,12,13). The van der Waals surface area contributed by atoms with E-state index in [1.807, 2.05) is 5.48 Å². The minimum atomic E-state index is -3.38. The van der Waals surface area contributed by atoms with Crippen molar-refractivity contribution < 1.29 is 28.0 Å². The number of carbonyl (C=O) groups excluding carboxylic acids is 1. The number of hydrogen-bond donors (Lipinski definition) is 2. The molecular formula is C9H16N2O6S2. The first-order valence-corrected chi connectivity index (χ1v) is 8.45. The van der Waals surface area contributed by atoms with Crippen molar-refractivity contribution in [2.75, 3.05) is 30.4 Å². The number of nitrogens with one attached hydrogen (secondary N) is 1. The van der Waals surface area contributed by atoms with Gasteiger partial charge in [0, 0.05) is 23.8 Å². The number of carboxylic acid groups (broad SMARTS) is 1. The summed E-state index contributed by atoms with van der Waals surface area (Å²) in [4.78, 5) is 27.6. The van der Waals surface area contributed by atoms with Crippen LogP contribution in [0.5, 0.6) is 0 Å². The number of rotatable bonds is 5. The smallest absolute Gasteiger partial charge is 0.342 e. The van der Waals surface area contributed by atoms with Gasteiger partial charge in [-0.3, -0.25) is 4.84 Å². The van der Waals surface area contributed by atoms with Crippen LogP contribution in [0.2, 0.25) is 0 Å². The third kappa shape index (κ3) is 4.55. The van der Waals surface area contributed by atoms with Gasteiger partial charge in [0.15, 0.2) is 16.4 Å². The lowest BCUT2D eigenvalue weighted by Gasteiger charge is -2.34. The number of thioether (sulfide) groups is 1. The van der Waals surface area contributed by atoms with Crippen LogP contribution in [0.3, 0.4) is 0 Å². The summed E-state index contributed by atoms with van der Waals surface area (Å²) in [6, 6.07) is -0.733. The molecule has 1 rings (SSSR count). The molecule has 0 aromatic heterocycles. The third-order valence-electron chi connectivity index (χ3n) is 2.52. The maximum atomic E-state index is 11.9. The van der Waals surface area contributed by atoms with Gasteiger partial charge in [0.2, 0.25) is 0 Å². The monoisotopic (exact) mass is 312 g/mol. The Hall–Kier alpha value is -1.00. The number of aliphatic carboxylic acids is 1. The van der Waals surface area contributed by atoms with Gasteiger partial charge in [-0.2, -0.15) is 11.8 Å². The molecule has 10 heteroatoms. The Balaban J connectivity index is 2.66. The number of carboxylic acids is 1. The number of nitrogens with zero attached hydrogens (tertiary/aromatic N) is 1. The highest BCUT2D eigenvalue weighted by atomic mass is 32.2. The Labute approximate surface area is 115 Å². The lowest BCUT2D eigenvalue weighted by atomic mass is 10.5. The molecule has 0 bridgehead atoms. The molecule has 2 amide bonds. The summed E-state index contributed by atoms with van der Waals surface area (Å²) < 4.78 is 23.8. The molecule has 2 N–H and O–H groups in total. The quantitative estimate of drug-likeness (QED) is 0.659. The zero-order valence-electron chi connectivity index (χ0n) is 10.4. The first-order chi connectivity index (χ1) is 8.88. The third-order valence-corrected chi connectivity index (χ3v) is 5.81. The highest BCUT2D eigenvalue weighted by Crippen LogP contribution is 2.21. The Bertz CT molecular complexity index is 438. The summed E-state index contributed by atoms with van der Waals surface area (Å²) in [5.74, 6) is -0.352. The van der Waals surface area contributed by atoms with E-state index in [2.05, 4.69) is 4.84 Å². The van der Waals surface area contributed by atoms with Gasteiger partial charge in [-0.15, -0.1) is 0 Å². The molecule has 1 aliphatic heterocycles. The van der Waals surface area contributed by atoms with Gasteiger partial charge < -0.3 is 10.0 Å². The van der Waals surface area contributed by atoms with Crippen LogP contribution in [0.4, 0.5) is 4.79 Å². The summed E-state index contributed by atoms with van der Waals surface area (Å²) in [6.07, 6.45) is 0. The number of carbonyl (C=O) groups is 2. The topological polar surface area (TPSA) is 113 Å². The van der Waals surface area contributed by atoms with E-state index >= 15 is 0 Å². The molecule has 0 aromatic carbocycles. The van der Waals surface area contributed by atoms with Crippen molar-refractivity contribution in [1.29, 1.82) is 0 Å². The molecule has 1 saturated heterocycles. The van der Waals surface area contributed by atoms with Crippen molar-refractivity contribution in [3.8, 4) is 0 Å². The summed E-state index contributed by atoms with van der Waals surface area (Å²) >= 11 is 1.46. The average molecular weight is 312 g/mol. The predicted molar refractivity (Wildman–Crippen MR) is 69.4 cm³/mol. The predicted octanol–water partition coefficient (Wildman–Crippen LogP) is -0.478. The molecular weight excluding hydrogens is 296 g/mol.